The lowest BCUT2D eigenvalue weighted by atomic mass is 10.0. The van der Waals surface area contributed by atoms with Crippen molar-refractivity contribution in [2.24, 2.45) is 0 Å². The topological polar surface area (TPSA) is 0 Å². The first-order chi connectivity index (χ1) is 7.61. The van der Waals surface area contributed by atoms with Gasteiger partial charge in [0.1, 0.15) is 11.6 Å². The summed E-state index contributed by atoms with van der Waals surface area (Å²) in [5, 5.41) is 0.231. The summed E-state index contributed by atoms with van der Waals surface area (Å²) in [4.78, 5) is 0. The molecule has 0 spiro atoms. The zero-order valence-electron chi connectivity index (χ0n) is 7.90. The third kappa shape index (κ3) is 1.91. The van der Waals surface area contributed by atoms with Gasteiger partial charge in [-0.2, -0.15) is 0 Å². The van der Waals surface area contributed by atoms with Crippen LogP contribution in [0.2, 0.25) is 10.0 Å². The molecule has 2 rings (SSSR count). The van der Waals surface area contributed by atoms with E-state index in [1.807, 2.05) is 0 Å². The maximum absolute atomic E-state index is 13.5. The van der Waals surface area contributed by atoms with Crippen molar-refractivity contribution in [1.82, 2.24) is 0 Å². The van der Waals surface area contributed by atoms with E-state index in [0.717, 1.165) is 0 Å². The molecule has 2 aromatic carbocycles. The Morgan fingerprint density at radius 1 is 1.00 bits per heavy atom. The highest BCUT2D eigenvalue weighted by atomic mass is 35.5. The molecule has 0 heterocycles. The molecular formula is C12H5Cl2F2. The molecule has 0 aliphatic rings. The Morgan fingerprint density at radius 2 is 1.62 bits per heavy atom. The van der Waals surface area contributed by atoms with Crippen molar-refractivity contribution in [3.05, 3.63) is 58.1 Å². The van der Waals surface area contributed by atoms with Crippen LogP contribution in [0.5, 0.6) is 0 Å². The van der Waals surface area contributed by atoms with Crippen molar-refractivity contribution in [3.8, 4) is 11.1 Å². The van der Waals surface area contributed by atoms with E-state index in [1.54, 1.807) is 0 Å². The Morgan fingerprint density at radius 3 is 2.25 bits per heavy atom. The molecule has 2 aromatic rings. The van der Waals surface area contributed by atoms with Gasteiger partial charge in [0, 0.05) is 11.6 Å². The van der Waals surface area contributed by atoms with Gasteiger partial charge in [0.25, 0.3) is 0 Å². The zero-order valence-corrected chi connectivity index (χ0v) is 9.41. The predicted octanol–water partition coefficient (Wildman–Crippen LogP) is 4.74. The standard InChI is InChI=1S/C12H5Cl2F2/c13-8-4-1-3-7(12(8)14)11-9(15)5-2-6-10(11)16/h1-3,5-6H. The number of hydrogen-bond donors (Lipinski definition) is 0. The van der Waals surface area contributed by atoms with Crippen LogP contribution in [0.25, 0.3) is 11.1 Å². The van der Waals surface area contributed by atoms with Crippen LogP contribution in [0.15, 0.2) is 30.3 Å². The minimum Gasteiger partial charge on any atom is -0.206 e. The Bertz CT molecular complexity index is 518. The molecule has 0 saturated heterocycles. The molecule has 0 unspecified atom stereocenters. The second kappa shape index (κ2) is 4.40. The molecule has 0 aliphatic heterocycles. The van der Waals surface area contributed by atoms with E-state index in [9.17, 15) is 8.78 Å². The van der Waals surface area contributed by atoms with Gasteiger partial charge in [0.05, 0.1) is 15.6 Å². The normalized spacial score (nSPS) is 10.5. The van der Waals surface area contributed by atoms with Gasteiger partial charge >= 0.3 is 0 Å². The quantitative estimate of drug-likeness (QED) is 0.693. The fourth-order valence-electron chi connectivity index (χ4n) is 1.40. The Balaban J connectivity index is 2.73. The molecule has 0 N–H and O–H groups in total. The van der Waals surface area contributed by atoms with Crippen LogP contribution in [-0.2, 0) is 0 Å². The summed E-state index contributed by atoms with van der Waals surface area (Å²) in [5.41, 5.74) is 0.0458. The molecule has 0 nitrogen and oxygen atoms in total. The van der Waals surface area contributed by atoms with Crippen LogP contribution in [0.3, 0.4) is 0 Å². The lowest BCUT2D eigenvalue weighted by Crippen LogP contribution is -1.90. The average molecular weight is 258 g/mol. The molecule has 0 saturated carbocycles. The molecule has 0 aromatic heterocycles. The second-order valence-electron chi connectivity index (χ2n) is 3.12. The fourth-order valence-corrected chi connectivity index (χ4v) is 1.78. The van der Waals surface area contributed by atoms with Gasteiger partial charge in [-0.05, 0) is 12.1 Å². The number of halogens is 4. The summed E-state index contributed by atoms with van der Waals surface area (Å²) in [5.74, 6) is -1.35. The smallest absolute Gasteiger partial charge is 0.134 e. The molecule has 16 heavy (non-hydrogen) atoms. The molecule has 0 atom stereocenters. The first-order valence-corrected chi connectivity index (χ1v) is 5.17. The van der Waals surface area contributed by atoms with E-state index in [2.05, 4.69) is 6.07 Å². The minimum absolute atomic E-state index is 0.0909. The van der Waals surface area contributed by atoms with E-state index < -0.39 is 11.6 Å². The monoisotopic (exact) mass is 257 g/mol. The highest BCUT2D eigenvalue weighted by molar-refractivity contribution is 6.43. The van der Waals surface area contributed by atoms with Crippen LogP contribution in [-0.4, -0.2) is 0 Å². The highest BCUT2D eigenvalue weighted by Crippen LogP contribution is 2.35. The van der Waals surface area contributed by atoms with Gasteiger partial charge in [-0.1, -0.05) is 41.4 Å². The first-order valence-electron chi connectivity index (χ1n) is 4.41. The van der Waals surface area contributed by atoms with Crippen LogP contribution >= 0.6 is 23.2 Å². The van der Waals surface area contributed by atoms with Crippen LogP contribution in [0.4, 0.5) is 8.78 Å². The number of hydrogen-bond acceptors (Lipinski definition) is 0. The lowest BCUT2D eigenvalue weighted by Gasteiger charge is -2.07. The maximum Gasteiger partial charge on any atom is 0.134 e. The Kier molecular flexibility index (Phi) is 3.13. The van der Waals surface area contributed by atoms with Gasteiger partial charge in [0.2, 0.25) is 0 Å². The van der Waals surface area contributed by atoms with Gasteiger partial charge < -0.3 is 0 Å². The zero-order chi connectivity index (χ0) is 11.7. The molecular weight excluding hydrogens is 253 g/mol. The average Bonchev–Trinajstić information content (AvgIpc) is 2.24. The molecule has 81 valence electrons. The molecule has 4 heteroatoms. The molecule has 0 aliphatic carbocycles. The predicted molar refractivity (Wildman–Crippen MR) is 60.7 cm³/mol. The molecule has 0 amide bonds. The number of benzene rings is 2. The van der Waals surface area contributed by atoms with Crippen LogP contribution < -0.4 is 0 Å². The van der Waals surface area contributed by atoms with Crippen molar-refractivity contribution in [2.45, 2.75) is 0 Å². The van der Waals surface area contributed by atoms with Crippen molar-refractivity contribution in [2.75, 3.05) is 0 Å². The van der Waals surface area contributed by atoms with Crippen molar-refractivity contribution in [3.63, 3.8) is 0 Å². The SMILES string of the molecule is Fc1cccc(F)c1-c1cc[c]c(Cl)c1Cl. The van der Waals surface area contributed by atoms with E-state index >= 15 is 0 Å². The van der Waals surface area contributed by atoms with Crippen molar-refractivity contribution >= 4 is 23.2 Å². The Hall–Kier alpha value is -1.12. The lowest BCUT2D eigenvalue weighted by molar-refractivity contribution is 0.589. The highest BCUT2D eigenvalue weighted by Gasteiger charge is 2.15. The number of rotatable bonds is 1. The van der Waals surface area contributed by atoms with E-state index in [0.29, 0.717) is 0 Å². The summed E-state index contributed by atoms with van der Waals surface area (Å²) in [7, 11) is 0. The van der Waals surface area contributed by atoms with Crippen LogP contribution in [0, 0.1) is 17.7 Å². The van der Waals surface area contributed by atoms with E-state index in [1.165, 1.54) is 30.3 Å². The maximum atomic E-state index is 13.5. The summed E-state index contributed by atoms with van der Waals surface area (Å²) in [6.07, 6.45) is 0. The third-order valence-electron chi connectivity index (χ3n) is 2.12. The van der Waals surface area contributed by atoms with Gasteiger partial charge in [0.15, 0.2) is 0 Å². The van der Waals surface area contributed by atoms with E-state index in [-0.39, 0.29) is 21.2 Å². The summed E-state index contributed by atoms with van der Waals surface area (Å²) in [6.45, 7) is 0. The Labute approximate surface area is 101 Å². The van der Waals surface area contributed by atoms with Gasteiger partial charge in [-0.3, -0.25) is 0 Å². The van der Waals surface area contributed by atoms with Crippen molar-refractivity contribution < 1.29 is 8.78 Å². The van der Waals surface area contributed by atoms with E-state index in [4.69, 9.17) is 23.2 Å². The molecule has 1 radical (unpaired) electrons. The summed E-state index contributed by atoms with van der Waals surface area (Å²) >= 11 is 11.6. The van der Waals surface area contributed by atoms with Gasteiger partial charge in [-0.25, -0.2) is 8.78 Å². The largest absolute Gasteiger partial charge is 0.206 e. The molecule has 0 bridgehead atoms. The van der Waals surface area contributed by atoms with Crippen molar-refractivity contribution in [1.29, 1.82) is 0 Å². The summed E-state index contributed by atoms with van der Waals surface area (Å²) in [6, 6.07) is 9.20. The third-order valence-corrected chi connectivity index (χ3v) is 2.91. The molecule has 0 fully saturated rings. The first kappa shape index (κ1) is 11.4. The second-order valence-corrected chi connectivity index (χ2v) is 3.87. The minimum atomic E-state index is -0.677. The van der Waals surface area contributed by atoms with Crippen LogP contribution in [0.1, 0.15) is 0 Å². The summed E-state index contributed by atoms with van der Waals surface area (Å²) < 4.78 is 27.0. The van der Waals surface area contributed by atoms with Gasteiger partial charge in [-0.15, -0.1) is 0 Å². The fraction of sp³-hybridized carbons (Fsp3) is 0.